The lowest BCUT2D eigenvalue weighted by Crippen LogP contribution is -1.83. The number of carbonyl (C=O) groups is 1. The molecule has 2 nitrogen and oxygen atoms in total. The Balaban J connectivity index is 0.000000437. The van der Waals surface area contributed by atoms with Crippen LogP contribution < -0.4 is 0 Å². The maximum atomic E-state index is 8.36. The van der Waals surface area contributed by atoms with Crippen molar-refractivity contribution >= 4 is 6.47 Å². The highest BCUT2D eigenvalue weighted by molar-refractivity contribution is 5.67. The van der Waals surface area contributed by atoms with Gasteiger partial charge in [0.25, 0.3) is 6.47 Å². The van der Waals surface area contributed by atoms with E-state index < -0.39 is 0 Å². The molecular formula is C15H16O2. The first kappa shape index (κ1) is 13.0. The fourth-order valence-electron chi connectivity index (χ4n) is 1.76. The zero-order valence-corrected chi connectivity index (χ0v) is 10.1. The van der Waals surface area contributed by atoms with Crippen LogP contribution in [0.2, 0.25) is 0 Å². The van der Waals surface area contributed by atoms with E-state index in [9.17, 15) is 0 Å². The monoisotopic (exact) mass is 228 g/mol. The third kappa shape index (κ3) is 3.76. The van der Waals surface area contributed by atoms with Gasteiger partial charge in [-0.3, -0.25) is 4.79 Å². The molecule has 0 aliphatic rings. The van der Waals surface area contributed by atoms with Crippen molar-refractivity contribution in [3.8, 4) is 11.1 Å². The van der Waals surface area contributed by atoms with Gasteiger partial charge in [0.05, 0.1) is 0 Å². The van der Waals surface area contributed by atoms with Crippen LogP contribution in [-0.2, 0) is 4.79 Å². The molecule has 88 valence electrons. The summed E-state index contributed by atoms with van der Waals surface area (Å²) in [7, 11) is 0. The van der Waals surface area contributed by atoms with Gasteiger partial charge in [0, 0.05) is 0 Å². The number of hydrogen-bond acceptors (Lipinski definition) is 1. The maximum Gasteiger partial charge on any atom is 0.290 e. The second kappa shape index (κ2) is 6.48. The lowest BCUT2D eigenvalue weighted by molar-refractivity contribution is -0.122. The predicted molar refractivity (Wildman–Crippen MR) is 70.0 cm³/mol. The van der Waals surface area contributed by atoms with E-state index in [2.05, 4.69) is 56.3 Å². The molecule has 0 heterocycles. The van der Waals surface area contributed by atoms with Crippen LogP contribution in [0.5, 0.6) is 0 Å². The van der Waals surface area contributed by atoms with E-state index in [1.165, 1.54) is 22.3 Å². The van der Waals surface area contributed by atoms with Gasteiger partial charge in [-0.1, -0.05) is 54.1 Å². The molecule has 0 aliphatic heterocycles. The fraction of sp³-hybridized carbons (Fsp3) is 0.133. The topological polar surface area (TPSA) is 37.3 Å². The van der Waals surface area contributed by atoms with Gasteiger partial charge in [0.15, 0.2) is 0 Å². The Morgan fingerprint density at radius 3 is 2.12 bits per heavy atom. The maximum absolute atomic E-state index is 8.36. The highest BCUT2D eigenvalue weighted by Gasteiger charge is 1.99. The van der Waals surface area contributed by atoms with Crippen LogP contribution >= 0.6 is 0 Å². The van der Waals surface area contributed by atoms with Crippen LogP contribution in [0.4, 0.5) is 0 Å². The molecule has 2 aromatic rings. The molecule has 0 bridgehead atoms. The van der Waals surface area contributed by atoms with Crippen molar-refractivity contribution in [2.75, 3.05) is 0 Å². The molecule has 0 unspecified atom stereocenters. The average molecular weight is 228 g/mol. The molecule has 0 atom stereocenters. The van der Waals surface area contributed by atoms with E-state index in [1.807, 2.05) is 6.07 Å². The van der Waals surface area contributed by atoms with Crippen molar-refractivity contribution in [2.45, 2.75) is 13.8 Å². The fourth-order valence-corrected chi connectivity index (χ4v) is 1.76. The van der Waals surface area contributed by atoms with E-state index in [1.54, 1.807) is 0 Å². The van der Waals surface area contributed by atoms with Gasteiger partial charge in [0.2, 0.25) is 0 Å². The van der Waals surface area contributed by atoms with Crippen LogP contribution in [0, 0.1) is 13.8 Å². The van der Waals surface area contributed by atoms with Crippen LogP contribution in [0.15, 0.2) is 48.5 Å². The molecule has 0 radical (unpaired) electrons. The molecule has 0 saturated heterocycles. The number of benzene rings is 2. The van der Waals surface area contributed by atoms with Crippen molar-refractivity contribution < 1.29 is 9.90 Å². The molecule has 0 aliphatic carbocycles. The zero-order chi connectivity index (χ0) is 12.7. The van der Waals surface area contributed by atoms with Crippen LogP contribution in [-0.4, -0.2) is 11.6 Å². The number of rotatable bonds is 1. The highest BCUT2D eigenvalue weighted by atomic mass is 16.3. The van der Waals surface area contributed by atoms with Gasteiger partial charge in [-0.15, -0.1) is 0 Å². The van der Waals surface area contributed by atoms with Crippen molar-refractivity contribution in [1.82, 2.24) is 0 Å². The van der Waals surface area contributed by atoms with E-state index in [-0.39, 0.29) is 6.47 Å². The van der Waals surface area contributed by atoms with Gasteiger partial charge >= 0.3 is 0 Å². The Labute approximate surface area is 102 Å². The van der Waals surface area contributed by atoms with Crippen molar-refractivity contribution in [3.05, 3.63) is 59.7 Å². The first-order valence-corrected chi connectivity index (χ1v) is 5.39. The summed E-state index contributed by atoms with van der Waals surface area (Å²) >= 11 is 0. The molecule has 0 fully saturated rings. The largest absolute Gasteiger partial charge is 0.483 e. The summed E-state index contributed by atoms with van der Waals surface area (Å²) in [5, 5.41) is 6.89. The Morgan fingerprint density at radius 2 is 1.59 bits per heavy atom. The molecule has 1 N–H and O–H groups in total. The van der Waals surface area contributed by atoms with E-state index in [0.717, 1.165) is 0 Å². The SMILES string of the molecule is Cc1ccc(-c2ccccc2)c(C)c1.O=CO. The Hall–Kier alpha value is -2.09. The smallest absolute Gasteiger partial charge is 0.290 e. The quantitative estimate of drug-likeness (QED) is 0.756. The summed E-state index contributed by atoms with van der Waals surface area (Å²) in [5.74, 6) is 0. The molecule has 2 aromatic carbocycles. The lowest BCUT2D eigenvalue weighted by atomic mass is 9.99. The lowest BCUT2D eigenvalue weighted by Gasteiger charge is -2.06. The Morgan fingerprint density at radius 1 is 1.00 bits per heavy atom. The number of carboxylic acid groups (broad SMARTS) is 1. The Bertz CT molecular complexity index is 476. The molecule has 2 heteroatoms. The first-order chi connectivity index (χ1) is 8.19. The summed E-state index contributed by atoms with van der Waals surface area (Å²) < 4.78 is 0. The van der Waals surface area contributed by atoms with E-state index in [0.29, 0.717) is 0 Å². The third-order valence-corrected chi connectivity index (χ3v) is 2.47. The summed E-state index contributed by atoms with van der Waals surface area (Å²) in [6.07, 6.45) is 0. The minimum Gasteiger partial charge on any atom is -0.483 e. The van der Waals surface area contributed by atoms with Crippen LogP contribution in [0.25, 0.3) is 11.1 Å². The minimum absolute atomic E-state index is 0.250. The molecule has 2 rings (SSSR count). The molecule has 0 amide bonds. The number of aryl methyl sites for hydroxylation is 2. The van der Waals surface area contributed by atoms with E-state index in [4.69, 9.17) is 9.90 Å². The molecule has 0 aromatic heterocycles. The molecular weight excluding hydrogens is 212 g/mol. The molecule has 0 saturated carbocycles. The van der Waals surface area contributed by atoms with Gasteiger partial charge in [-0.2, -0.15) is 0 Å². The summed E-state index contributed by atoms with van der Waals surface area (Å²) in [5.41, 5.74) is 5.29. The summed E-state index contributed by atoms with van der Waals surface area (Å²) in [4.78, 5) is 8.36. The number of hydrogen-bond donors (Lipinski definition) is 1. The average Bonchev–Trinajstić information content (AvgIpc) is 2.31. The van der Waals surface area contributed by atoms with Gasteiger partial charge in [-0.05, 0) is 30.5 Å². The van der Waals surface area contributed by atoms with Crippen LogP contribution in [0.1, 0.15) is 11.1 Å². The van der Waals surface area contributed by atoms with Crippen LogP contribution in [0.3, 0.4) is 0 Å². The van der Waals surface area contributed by atoms with Crippen molar-refractivity contribution in [3.63, 3.8) is 0 Å². The van der Waals surface area contributed by atoms with Gasteiger partial charge in [-0.25, -0.2) is 0 Å². The highest BCUT2D eigenvalue weighted by Crippen LogP contribution is 2.23. The second-order valence-electron chi connectivity index (χ2n) is 3.79. The first-order valence-electron chi connectivity index (χ1n) is 5.39. The summed E-state index contributed by atoms with van der Waals surface area (Å²) in [6.45, 7) is 4.04. The molecule has 0 spiro atoms. The Kier molecular flexibility index (Phi) is 4.95. The van der Waals surface area contributed by atoms with Crippen molar-refractivity contribution in [1.29, 1.82) is 0 Å². The zero-order valence-electron chi connectivity index (χ0n) is 10.1. The minimum atomic E-state index is -0.250. The molecule has 17 heavy (non-hydrogen) atoms. The second-order valence-corrected chi connectivity index (χ2v) is 3.79. The summed E-state index contributed by atoms with van der Waals surface area (Å²) in [6, 6.07) is 17.1. The third-order valence-electron chi connectivity index (χ3n) is 2.47. The van der Waals surface area contributed by atoms with Gasteiger partial charge in [0.1, 0.15) is 0 Å². The van der Waals surface area contributed by atoms with E-state index >= 15 is 0 Å². The normalized spacial score (nSPS) is 9.06. The predicted octanol–water partition coefficient (Wildman–Crippen LogP) is 3.67. The van der Waals surface area contributed by atoms with Gasteiger partial charge < -0.3 is 5.11 Å². The van der Waals surface area contributed by atoms with Crippen molar-refractivity contribution in [2.24, 2.45) is 0 Å². The standard InChI is InChI=1S/C14H14.CH2O2/c1-11-8-9-14(12(2)10-11)13-6-4-3-5-7-13;2-1-3/h3-10H,1-2H3;1H,(H,2,3).